The Morgan fingerprint density at radius 3 is 3.21 bits per heavy atom. The van der Waals surface area contributed by atoms with Crippen LogP contribution < -0.4 is 15.8 Å². The number of guanidine groups is 1. The zero-order valence-corrected chi connectivity index (χ0v) is 11.0. The highest BCUT2D eigenvalue weighted by atomic mass is 16.5. The molecule has 3 N–H and O–H groups in total. The Kier molecular flexibility index (Phi) is 4.78. The van der Waals surface area contributed by atoms with Crippen LogP contribution in [0, 0.1) is 5.92 Å². The van der Waals surface area contributed by atoms with Crippen molar-refractivity contribution in [1.82, 2.24) is 10.3 Å². The number of nitrogens with zero attached hydrogens (tertiary/aromatic N) is 2. The predicted octanol–water partition coefficient (Wildman–Crippen LogP) is 1.46. The van der Waals surface area contributed by atoms with Crippen molar-refractivity contribution < 1.29 is 4.74 Å². The summed E-state index contributed by atoms with van der Waals surface area (Å²) in [5.41, 5.74) is 6.73. The first kappa shape index (κ1) is 13.4. The van der Waals surface area contributed by atoms with Crippen LogP contribution in [0.25, 0.3) is 0 Å². The quantitative estimate of drug-likeness (QED) is 0.442. The minimum absolute atomic E-state index is 0.414. The number of aliphatic imine (C=N–C) groups is 1. The van der Waals surface area contributed by atoms with Crippen LogP contribution in [0.15, 0.2) is 36.0 Å². The van der Waals surface area contributed by atoms with E-state index in [-0.39, 0.29) is 0 Å². The number of hydrogen-bond acceptors (Lipinski definition) is 3. The Morgan fingerprint density at radius 2 is 2.47 bits per heavy atom. The molecule has 0 saturated heterocycles. The van der Waals surface area contributed by atoms with E-state index in [1.54, 1.807) is 12.3 Å². The second-order valence-corrected chi connectivity index (χ2v) is 4.63. The second kappa shape index (κ2) is 6.78. The van der Waals surface area contributed by atoms with Crippen LogP contribution in [0.4, 0.5) is 0 Å². The summed E-state index contributed by atoms with van der Waals surface area (Å²) >= 11 is 0. The summed E-state index contributed by atoms with van der Waals surface area (Å²) in [4.78, 5) is 8.42. The van der Waals surface area contributed by atoms with Gasteiger partial charge in [0.15, 0.2) is 5.96 Å². The zero-order chi connectivity index (χ0) is 13.5. The van der Waals surface area contributed by atoms with Gasteiger partial charge in [-0.2, -0.15) is 0 Å². The molecule has 1 heterocycles. The zero-order valence-electron chi connectivity index (χ0n) is 11.0. The first-order valence-corrected chi connectivity index (χ1v) is 6.50. The van der Waals surface area contributed by atoms with E-state index in [1.165, 1.54) is 12.8 Å². The minimum atomic E-state index is 0.414. The maximum absolute atomic E-state index is 5.70. The third kappa shape index (κ3) is 4.99. The monoisotopic (exact) mass is 260 g/mol. The Bertz CT molecular complexity index is 455. The number of ether oxygens (including phenoxy) is 1. The molecule has 0 bridgehead atoms. The van der Waals surface area contributed by atoms with Gasteiger partial charge in [0.25, 0.3) is 0 Å². The third-order valence-electron chi connectivity index (χ3n) is 2.82. The van der Waals surface area contributed by atoms with E-state index in [9.17, 15) is 0 Å². The van der Waals surface area contributed by atoms with Gasteiger partial charge in [-0.15, -0.1) is 6.58 Å². The molecule has 1 aromatic heterocycles. The molecule has 5 heteroatoms. The average molecular weight is 260 g/mol. The number of hydrogen-bond donors (Lipinski definition) is 2. The van der Waals surface area contributed by atoms with E-state index >= 15 is 0 Å². The highest BCUT2D eigenvalue weighted by Gasteiger charge is 2.22. The average Bonchev–Trinajstić information content (AvgIpc) is 3.25. The van der Waals surface area contributed by atoms with E-state index in [1.807, 2.05) is 12.1 Å². The molecular weight excluding hydrogens is 240 g/mol. The van der Waals surface area contributed by atoms with Crippen LogP contribution >= 0.6 is 0 Å². The minimum Gasteiger partial charge on any atom is -0.477 e. The van der Waals surface area contributed by atoms with Crippen LogP contribution in [0.1, 0.15) is 18.4 Å². The third-order valence-corrected chi connectivity index (χ3v) is 2.82. The summed E-state index contributed by atoms with van der Waals surface area (Å²) < 4.78 is 5.62. The summed E-state index contributed by atoms with van der Waals surface area (Å²) in [6, 6.07) is 3.82. The van der Waals surface area contributed by atoms with Gasteiger partial charge in [0.1, 0.15) is 0 Å². The lowest BCUT2D eigenvalue weighted by Crippen LogP contribution is -2.31. The van der Waals surface area contributed by atoms with Gasteiger partial charge in [-0.3, -0.25) is 0 Å². The number of aromatic nitrogens is 1. The topological polar surface area (TPSA) is 72.5 Å². The number of rotatable bonds is 7. The molecule has 2 rings (SSSR count). The molecule has 1 aliphatic carbocycles. The van der Waals surface area contributed by atoms with Crippen LogP contribution in [-0.4, -0.2) is 24.1 Å². The molecule has 19 heavy (non-hydrogen) atoms. The van der Waals surface area contributed by atoms with Crippen molar-refractivity contribution in [2.24, 2.45) is 16.6 Å². The fourth-order valence-corrected chi connectivity index (χ4v) is 1.52. The van der Waals surface area contributed by atoms with Crippen molar-refractivity contribution in [3.63, 3.8) is 0 Å². The molecule has 0 aromatic carbocycles. The van der Waals surface area contributed by atoms with E-state index in [2.05, 4.69) is 21.9 Å². The Balaban J connectivity index is 1.84. The molecule has 0 radical (unpaired) electrons. The largest absolute Gasteiger partial charge is 0.477 e. The molecule has 0 amide bonds. The number of nitrogens with two attached hydrogens (primary N) is 1. The normalized spacial score (nSPS) is 15.1. The molecule has 1 aliphatic rings. The summed E-state index contributed by atoms with van der Waals surface area (Å²) in [6.07, 6.45) is 6.02. The van der Waals surface area contributed by atoms with Gasteiger partial charge in [-0.25, -0.2) is 9.98 Å². The van der Waals surface area contributed by atoms with Crippen molar-refractivity contribution in [3.05, 3.63) is 36.5 Å². The lowest BCUT2D eigenvalue weighted by atomic mass is 10.3. The molecular formula is C14H20N4O. The summed E-state index contributed by atoms with van der Waals surface area (Å²) in [5.74, 6) is 1.80. The van der Waals surface area contributed by atoms with E-state index in [0.717, 1.165) is 18.1 Å². The predicted molar refractivity (Wildman–Crippen MR) is 76.0 cm³/mol. The molecule has 1 saturated carbocycles. The Hall–Kier alpha value is -2.04. The fourth-order valence-electron chi connectivity index (χ4n) is 1.52. The maximum atomic E-state index is 5.70. The van der Waals surface area contributed by atoms with Gasteiger partial charge in [-0.1, -0.05) is 6.08 Å². The molecule has 0 atom stereocenters. The van der Waals surface area contributed by atoms with E-state index in [0.29, 0.717) is 24.9 Å². The van der Waals surface area contributed by atoms with Crippen LogP contribution in [-0.2, 0) is 6.54 Å². The molecule has 102 valence electrons. The van der Waals surface area contributed by atoms with Crippen molar-refractivity contribution in [1.29, 1.82) is 0 Å². The molecule has 1 aromatic rings. The van der Waals surface area contributed by atoms with E-state index in [4.69, 9.17) is 10.5 Å². The van der Waals surface area contributed by atoms with Gasteiger partial charge in [0, 0.05) is 18.8 Å². The molecule has 0 spiro atoms. The lowest BCUT2D eigenvalue weighted by Gasteiger charge is -2.06. The van der Waals surface area contributed by atoms with Crippen LogP contribution in [0.2, 0.25) is 0 Å². The SMILES string of the molecule is C=CCNC(N)=NCc1ccnc(OCC2CC2)c1. The summed E-state index contributed by atoms with van der Waals surface area (Å²) in [7, 11) is 0. The molecule has 0 unspecified atom stereocenters. The highest BCUT2D eigenvalue weighted by Crippen LogP contribution is 2.29. The number of nitrogens with one attached hydrogen (secondary N) is 1. The van der Waals surface area contributed by atoms with Gasteiger partial charge < -0.3 is 15.8 Å². The summed E-state index contributed by atoms with van der Waals surface area (Å²) in [6.45, 7) is 5.50. The molecule has 1 fully saturated rings. The Morgan fingerprint density at radius 1 is 1.63 bits per heavy atom. The lowest BCUT2D eigenvalue weighted by molar-refractivity contribution is 0.288. The van der Waals surface area contributed by atoms with Crippen molar-refractivity contribution >= 4 is 5.96 Å². The van der Waals surface area contributed by atoms with Crippen LogP contribution in [0.3, 0.4) is 0 Å². The first-order chi connectivity index (χ1) is 9.28. The van der Waals surface area contributed by atoms with Crippen LogP contribution in [0.5, 0.6) is 5.88 Å². The van der Waals surface area contributed by atoms with Crippen molar-refractivity contribution in [2.75, 3.05) is 13.2 Å². The second-order valence-electron chi connectivity index (χ2n) is 4.63. The summed E-state index contributed by atoms with van der Waals surface area (Å²) in [5, 5.41) is 2.93. The van der Waals surface area contributed by atoms with Crippen molar-refractivity contribution in [2.45, 2.75) is 19.4 Å². The van der Waals surface area contributed by atoms with E-state index < -0.39 is 0 Å². The smallest absolute Gasteiger partial charge is 0.213 e. The molecule has 5 nitrogen and oxygen atoms in total. The highest BCUT2D eigenvalue weighted by molar-refractivity contribution is 5.77. The first-order valence-electron chi connectivity index (χ1n) is 6.50. The molecule has 0 aliphatic heterocycles. The van der Waals surface area contributed by atoms with Gasteiger partial charge in [0.05, 0.1) is 13.2 Å². The Labute approximate surface area is 113 Å². The van der Waals surface area contributed by atoms with Crippen molar-refractivity contribution in [3.8, 4) is 5.88 Å². The standard InChI is InChI=1S/C14H20N4O/c1-2-6-17-14(15)18-9-12-5-7-16-13(8-12)19-10-11-3-4-11/h2,5,7-8,11H,1,3-4,6,9-10H2,(H3,15,17,18). The van der Waals surface area contributed by atoms with Gasteiger partial charge >= 0.3 is 0 Å². The van der Waals surface area contributed by atoms with Gasteiger partial charge in [0.2, 0.25) is 5.88 Å². The van der Waals surface area contributed by atoms with Gasteiger partial charge in [-0.05, 0) is 30.4 Å². The number of pyridine rings is 1. The fraction of sp³-hybridized carbons (Fsp3) is 0.429. The maximum Gasteiger partial charge on any atom is 0.213 e.